The largest absolute Gasteiger partial charge is 0.507 e. The molecule has 0 spiro atoms. The van der Waals surface area contributed by atoms with Crippen molar-refractivity contribution >= 4 is 18.1 Å². The number of hydrogen-bond donors (Lipinski definition) is 2. The predicted octanol–water partition coefficient (Wildman–Crippen LogP) is 6.29. The molecule has 0 aliphatic rings. The second kappa shape index (κ2) is 11.4. The lowest BCUT2D eigenvalue weighted by Gasteiger charge is -2.28. The summed E-state index contributed by atoms with van der Waals surface area (Å²) in [6.07, 6.45) is 2.34. The lowest BCUT2D eigenvalue weighted by Crippen LogP contribution is -2.20. The van der Waals surface area contributed by atoms with Crippen molar-refractivity contribution in [3.63, 3.8) is 0 Å². The number of rotatable bonds is 7. The fraction of sp³-hybridized carbons (Fsp3) is 0.323. The highest BCUT2D eigenvalue weighted by Crippen LogP contribution is 2.40. The molecule has 0 bridgehead atoms. The quantitative estimate of drug-likeness (QED) is 0.173. The summed E-state index contributed by atoms with van der Waals surface area (Å²) in [4.78, 5) is 24.6. The van der Waals surface area contributed by atoms with Crippen LogP contribution in [0.4, 0.5) is 0 Å². The van der Waals surface area contributed by atoms with Gasteiger partial charge in [-0.05, 0) is 75.9 Å². The Morgan fingerprint density at radius 1 is 0.892 bits per heavy atom. The fourth-order valence-electron chi connectivity index (χ4n) is 3.84. The van der Waals surface area contributed by atoms with Gasteiger partial charge in [0, 0.05) is 6.42 Å². The van der Waals surface area contributed by atoms with Crippen LogP contribution in [-0.4, -0.2) is 23.2 Å². The van der Waals surface area contributed by atoms with Crippen LogP contribution in [0.3, 0.4) is 0 Å². The van der Waals surface area contributed by atoms with Crippen LogP contribution in [-0.2, 0) is 22.0 Å². The van der Waals surface area contributed by atoms with E-state index in [0.29, 0.717) is 23.5 Å². The van der Waals surface area contributed by atoms with Crippen molar-refractivity contribution in [2.45, 2.75) is 65.2 Å². The summed E-state index contributed by atoms with van der Waals surface area (Å²) in [7, 11) is 0. The predicted molar refractivity (Wildman–Crippen MR) is 147 cm³/mol. The fourth-order valence-corrected chi connectivity index (χ4v) is 3.84. The first-order chi connectivity index (χ1) is 17.3. The van der Waals surface area contributed by atoms with Crippen LogP contribution >= 0.6 is 0 Å². The summed E-state index contributed by atoms with van der Waals surface area (Å²) in [6, 6.07) is 19.6. The standard InChI is InChI=1S/C31H36N2O4/c1-30(2,3)25-18-22(19-26(28(25)35)31(4,5)6)14-17-27(34)33-32-20-21-12-15-24(16-13-21)37-29(36)23-10-8-7-9-11-23/h7-13,15-16,18-20,35H,14,17H2,1-6H3,(H,33,34)/b32-20-. The Balaban J connectivity index is 1.57. The molecule has 6 nitrogen and oxygen atoms in total. The average molecular weight is 501 g/mol. The number of hydrazone groups is 1. The minimum Gasteiger partial charge on any atom is -0.507 e. The molecule has 6 heteroatoms. The van der Waals surface area contributed by atoms with Gasteiger partial charge in [0.25, 0.3) is 0 Å². The zero-order valence-electron chi connectivity index (χ0n) is 22.5. The zero-order chi connectivity index (χ0) is 27.2. The molecule has 0 saturated heterocycles. The van der Waals surface area contributed by atoms with Gasteiger partial charge >= 0.3 is 5.97 Å². The molecule has 0 saturated carbocycles. The highest BCUT2D eigenvalue weighted by Gasteiger charge is 2.26. The van der Waals surface area contributed by atoms with E-state index < -0.39 is 5.97 Å². The normalized spacial score (nSPS) is 11.9. The highest BCUT2D eigenvalue weighted by atomic mass is 16.5. The number of nitrogens with zero attached hydrogens (tertiary/aromatic N) is 1. The average Bonchev–Trinajstić information content (AvgIpc) is 2.83. The Morgan fingerprint density at radius 2 is 1.46 bits per heavy atom. The van der Waals surface area contributed by atoms with Crippen LogP contribution < -0.4 is 10.2 Å². The Kier molecular flexibility index (Phi) is 8.53. The second-order valence-corrected chi connectivity index (χ2v) is 11.2. The van der Waals surface area contributed by atoms with E-state index >= 15 is 0 Å². The van der Waals surface area contributed by atoms with Gasteiger partial charge in [-0.2, -0.15) is 5.10 Å². The van der Waals surface area contributed by atoms with Crippen molar-refractivity contribution < 1.29 is 19.4 Å². The summed E-state index contributed by atoms with van der Waals surface area (Å²) in [5.74, 6) is 0.131. The van der Waals surface area contributed by atoms with Crippen LogP contribution in [0, 0.1) is 0 Å². The van der Waals surface area contributed by atoms with E-state index in [4.69, 9.17) is 4.74 Å². The van der Waals surface area contributed by atoms with Crippen molar-refractivity contribution in [2.75, 3.05) is 0 Å². The first-order valence-electron chi connectivity index (χ1n) is 12.4. The molecule has 0 aromatic heterocycles. The van der Waals surface area contributed by atoms with Crippen LogP contribution in [0.5, 0.6) is 11.5 Å². The summed E-state index contributed by atoms with van der Waals surface area (Å²) >= 11 is 0. The van der Waals surface area contributed by atoms with E-state index in [1.165, 1.54) is 6.21 Å². The van der Waals surface area contributed by atoms with Crippen LogP contribution in [0.1, 0.15) is 80.6 Å². The summed E-state index contributed by atoms with van der Waals surface area (Å²) in [5.41, 5.74) is 6.13. The van der Waals surface area contributed by atoms with E-state index in [2.05, 4.69) is 52.1 Å². The molecule has 3 aromatic carbocycles. The first-order valence-corrected chi connectivity index (χ1v) is 12.4. The van der Waals surface area contributed by atoms with E-state index in [1.54, 1.807) is 48.5 Å². The third-order valence-corrected chi connectivity index (χ3v) is 5.93. The molecule has 0 aliphatic heterocycles. The number of nitrogens with one attached hydrogen (secondary N) is 1. The number of aryl methyl sites for hydroxylation is 1. The van der Waals surface area contributed by atoms with E-state index in [1.807, 2.05) is 18.2 Å². The smallest absolute Gasteiger partial charge is 0.343 e. The molecule has 0 unspecified atom stereocenters. The van der Waals surface area contributed by atoms with Gasteiger partial charge in [0.2, 0.25) is 5.91 Å². The lowest BCUT2D eigenvalue weighted by atomic mass is 9.78. The van der Waals surface area contributed by atoms with Gasteiger partial charge in [0.1, 0.15) is 11.5 Å². The van der Waals surface area contributed by atoms with Gasteiger partial charge in [-0.25, -0.2) is 10.2 Å². The molecule has 37 heavy (non-hydrogen) atoms. The number of aromatic hydroxyl groups is 1. The van der Waals surface area contributed by atoms with Gasteiger partial charge in [0.15, 0.2) is 0 Å². The molecule has 2 N–H and O–H groups in total. The zero-order valence-corrected chi connectivity index (χ0v) is 22.5. The van der Waals surface area contributed by atoms with Crippen LogP contribution in [0.2, 0.25) is 0 Å². The minimum atomic E-state index is -0.424. The maximum absolute atomic E-state index is 12.4. The number of phenols is 1. The van der Waals surface area contributed by atoms with Crippen molar-refractivity contribution in [1.82, 2.24) is 5.43 Å². The van der Waals surface area contributed by atoms with Crippen molar-refractivity contribution in [1.29, 1.82) is 0 Å². The van der Waals surface area contributed by atoms with Gasteiger partial charge in [-0.15, -0.1) is 0 Å². The summed E-state index contributed by atoms with van der Waals surface area (Å²) in [5, 5.41) is 14.9. The molecule has 0 heterocycles. The number of amides is 1. The molecule has 3 aromatic rings. The number of carbonyl (C=O) groups is 2. The topological polar surface area (TPSA) is 88.0 Å². The number of benzene rings is 3. The van der Waals surface area contributed by atoms with E-state index in [-0.39, 0.29) is 23.2 Å². The van der Waals surface area contributed by atoms with Crippen LogP contribution in [0.15, 0.2) is 71.8 Å². The molecular formula is C31H36N2O4. The number of esters is 1. The minimum absolute atomic E-state index is 0.202. The molecule has 1 amide bonds. The molecule has 3 rings (SSSR count). The SMILES string of the molecule is CC(C)(C)c1cc(CCC(=O)N/N=C\c2ccc(OC(=O)c3ccccc3)cc2)cc(C(C)(C)C)c1O. The Hall–Kier alpha value is -3.93. The third-order valence-electron chi connectivity index (χ3n) is 5.93. The van der Waals surface area contributed by atoms with Crippen molar-refractivity contribution in [2.24, 2.45) is 5.10 Å². The lowest BCUT2D eigenvalue weighted by molar-refractivity contribution is -0.121. The molecule has 0 radical (unpaired) electrons. The van der Waals surface area contributed by atoms with Gasteiger partial charge in [0.05, 0.1) is 11.8 Å². The molecule has 0 aliphatic carbocycles. The summed E-state index contributed by atoms with van der Waals surface area (Å²) in [6.45, 7) is 12.4. The van der Waals surface area contributed by atoms with Gasteiger partial charge < -0.3 is 9.84 Å². The Labute approximate surface area is 219 Å². The first kappa shape index (κ1) is 27.7. The Bertz CT molecular complexity index is 1230. The second-order valence-electron chi connectivity index (χ2n) is 11.2. The van der Waals surface area contributed by atoms with Gasteiger partial charge in [-0.3, -0.25) is 4.79 Å². The monoisotopic (exact) mass is 500 g/mol. The van der Waals surface area contributed by atoms with E-state index in [0.717, 1.165) is 22.3 Å². The summed E-state index contributed by atoms with van der Waals surface area (Å²) < 4.78 is 5.37. The van der Waals surface area contributed by atoms with Gasteiger partial charge in [-0.1, -0.05) is 71.9 Å². The van der Waals surface area contributed by atoms with Crippen LogP contribution in [0.25, 0.3) is 0 Å². The Morgan fingerprint density at radius 3 is 2.00 bits per heavy atom. The number of hydrogen-bond acceptors (Lipinski definition) is 5. The van der Waals surface area contributed by atoms with E-state index in [9.17, 15) is 14.7 Å². The third kappa shape index (κ3) is 7.78. The molecular weight excluding hydrogens is 464 g/mol. The number of phenolic OH excluding ortho intramolecular Hbond substituents is 1. The molecule has 194 valence electrons. The molecule has 0 fully saturated rings. The highest BCUT2D eigenvalue weighted by molar-refractivity contribution is 5.91. The number of carbonyl (C=O) groups excluding carboxylic acids is 2. The van der Waals surface area contributed by atoms with Crippen molar-refractivity contribution in [3.05, 3.63) is 94.5 Å². The maximum atomic E-state index is 12.4. The van der Waals surface area contributed by atoms with Crippen molar-refractivity contribution in [3.8, 4) is 11.5 Å². The molecule has 0 atom stereocenters. The number of ether oxygens (including phenoxy) is 1. The maximum Gasteiger partial charge on any atom is 0.343 e.